The maximum absolute atomic E-state index is 13.3. The molecule has 31 heavy (non-hydrogen) atoms. The molecule has 2 aliphatic rings. The largest absolute Gasteiger partial charge is 0.462 e. The van der Waals surface area contributed by atoms with E-state index in [9.17, 15) is 19.2 Å². The van der Waals surface area contributed by atoms with Crippen LogP contribution in [-0.4, -0.2) is 66.3 Å². The van der Waals surface area contributed by atoms with E-state index in [0.717, 1.165) is 18.0 Å². The first kappa shape index (κ1) is 23.2. The Morgan fingerprint density at radius 3 is 2.45 bits per heavy atom. The van der Waals surface area contributed by atoms with Gasteiger partial charge in [0.05, 0.1) is 18.4 Å². The van der Waals surface area contributed by atoms with Crippen molar-refractivity contribution < 1.29 is 23.9 Å². The number of nitrogens with zero attached hydrogens (tertiary/aromatic N) is 2. The summed E-state index contributed by atoms with van der Waals surface area (Å²) in [6.07, 6.45) is 2.13. The molecule has 0 saturated carbocycles. The molecule has 0 spiro atoms. The van der Waals surface area contributed by atoms with Gasteiger partial charge in [-0.1, -0.05) is 29.8 Å². The van der Waals surface area contributed by atoms with Crippen LogP contribution in [0.5, 0.6) is 0 Å². The number of carbonyl (C=O) groups excluding carboxylic acids is 4. The molecule has 0 unspecified atom stereocenters. The average molecular weight is 494 g/mol. The van der Waals surface area contributed by atoms with E-state index in [1.54, 1.807) is 18.2 Å². The van der Waals surface area contributed by atoms with Crippen molar-refractivity contribution in [3.8, 4) is 0 Å². The van der Waals surface area contributed by atoms with Crippen molar-refractivity contribution in [2.75, 3.05) is 32.1 Å². The van der Waals surface area contributed by atoms with Crippen LogP contribution < -0.4 is 5.32 Å². The Bertz CT molecular complexity index is 880. The number of ether oxygens (including phenoxy) is 1. The van der Waals surface area contributed by atoms with Gasteiger partial charge in [0.1, 0.15) is 6.04 Å². The van der Waals surface area contributed by atoms with E-state index in [1.807, 2.05) is 4.90 Å². The van der Waals surface area contributed by atoms with Gasteiger partial charge in [0.2, 0.25) is 5.91 Å². The number of piperidine rings is 1. The van der Waals surface area contributed by atoms with Crippen molar-refractivity contribution in [2.24, 2.45) is 11.8 Å². The molecule has 8 nitrogen and oxygen atoms in total. The Morgan fingerprint density at radius 2 is 1.81 bits per heavy atom. The Balaban J connectivity index is 1.80. The molecule has 2 heterocycles. The van der Waals surface area contributed by atoms with Crippen LogP contribution in [0, 0.1) is 11.8 Å². The first-order chi connectivity index (χ1) is 14.7. The highest BCUT2D eigenvalue weighted by molar-refractivity contribution is 9.10. The van der Waals surface area contributed by atoms with Gasteiger partial charge in [0, 0.05) is 24.1 Å². The van der Waals surface area contributed by atoms with Crippen molar-refractivity contribution in [2.45, 2.75) is 39.2 Å². The topological polar surface area (TPSA) is 96.0 Å². The highest BCUT2D eigenvalue weighted by Crippen LogP contribution is 2.28. The lowest BCUT2D eigenvalue weighted by molar-refractivity contribution is -0.159. The Hall–Kier alpha value is -2.42. The second-order valence-corrected chi connectivity index (χ2v) is 9.40. The lowest BCUT2D eigenvalue weighted by atomic mass is 9.91. The first-order valence-corrected chi connectivity index (χ1v) is 11.3. The normalized spacial score (nSPS) is 23.4. The summed E-state index contributed by atoms with van der Waals surface area (Å²) in [5.74, 6) is -1.56. The monoisotopic (exact) mass is 493 g/mol. The van der Waals surface area contributed by atoms with E-state index in [4.69, 9.17) is 0 Å². The highest BCUT2D eigenvalue weighted by Gasteiger charge is 2.38. The van der Waals surface area contributed by atoms with Gasteiger partial charge in [-0.15, -0.1) is 0 Å². The van der Waals surface area contributed by atoms with Crippen LogP contribution in [0.4, 0.5) is 5.69 Å². The number of hydrogen-bond donors (Lipinski definition) is 1. The second kappa shape index (κ2) is 9.80. The standard InChI is InChI=1S/C22H28BrN3O5/c1-13-9-14(2)12-25(11-13)20(28)16-10-15(23)6-7-17(16)24-19(27)18-5-4-8-26(18)21(29)22(30)31-3/h6-7,10,13-14,18H,4-5,8-9,11-12H2,1-3H3,(H,24,27)/t13-,14+,18-/m0/s1. The van der Waals surface area contributed by atoms with Crippen LogP contribution in [0.15, 0.2) is 22.7 Å². The second-order valence-electron chi connectivity index (χ2n) is 8.48. The van der Waals surface area contributed by atoms with Crippen LogP contribution in [0.25, 0.3) is 0 Å². The molecule has 0 bridgehead atoms. The molecular formula is C22H28BrN3O5. The average Bonchev–Trinajstić information content (AvgIpc) is 3.22. The lowest BCUT2D eigenvalue weighted by Gasteiger charge is -2.35. The number of methoxy groups -OCH3 is 1. The lowest BCUT2D eigenvalue weighted by Crippen LogP contribution is -2.46. The molecule has 1 aromatic rings. The fourth-order valence-corrected chi connectivity index (χ4v) is 4.87. The molecule has 1 aromatic carbocycles. The Morgan fingerprint density at radius 1 is 1.13 bits per heavy atom. The van der Waals surface area contributed by atoms with E-state index in [0.29, 0.717) is 55.6 Å². The highest BCUT2D eigenvalue weighted by atomic mass is 79.9. The van der Waals surface area contributed by atoms with Gasteiger partial charge in [-0.2, -0.15) is 0 Å². The summed E-state index contributed by atoms with van der Waals surface area (Å²) in [4.78, 5) is 53.2. The van der Waals surface area contributed by atoms with Crippen LogP contribution in [0.3, 0.4) is 0 Å². The van der Waals surface area contributed by atoms with Crippen LogP contribution >= 0.6 is 15.9 Å². The van der Waals surface area contributed by atoms with Crippen molar-refractivity contribution in [3.63, 3.8) is 0 Å². The quantitative estimate of drug-likeness (QED) is 0.515. The third-order valence-electron chi connectivity index (χ3n) is 5.80. The molecule has 0 radical (unpaired) electrons. The molecule has 0 aliphatic carbocycles. The van der Waals surface area contributed by atoms with E-state index in [1.165, 1.54) is 4.90 Å². The zero-order valence-electron chi connectivity index (χ0n) is 18.0. The Labute approximate surface area is 190 Å². The van der Waals surface area contributed by atoms with Gasteiger partial charge in [-0.05, 0) is 49.3 Å². The van der Waals surface area contributed by atoms with E-state index >= 15 is 0 Å². The smallest absolute Gasteiger partial charge is 0.396 e. The number of rotatable bonds is 3. The SMILES string of the molecule is COC(=O)C(=O)N1CCC[C@H]1C(=O)Nc1ccc(Br)cc1C(=O)N1C[C@H](C)C[C@H](C)C1. The molecule has 0 aromatic heterocycles. The molecule has 2 fully saturated rings. The molecular weight excluding hydrogens is 466 g/mol. The van der Waals surface area contributed by atoms with E-state index in [-0.39, 0.29) is 5.91 Å². The molecule has 3 amide bonds. The fourth-order valence-electron chi connectivity index (χ4n) is 4.50. The number of benzene rings is 1. The molecule has 3 rings (SSSR count). The number of nitrogens with one attached hydrogen (secondary N) is 1. The van der Waals surface area contributed by atoms with Crippen LogP contribution in [-0.2, 0) is 19.1 Å². The number of esters is 1. The summed E-state index contributed by atoms with van der Waals surface area (Å²) in [5.41, 5.74) is 0.786. The minimum absolute atomic E-state index is 0.135. The number of halogens is 1. The summed E-state index contributed by atoms with van der Waals surface area (Å²) in [5, 5.41) is 2.81. The third kappa shape index (κ3) is 5.26. The minimum atomic E-state index is -0.993. The third-order valence-corrected chi connectivity index (χ3v) is 6.30. The van der Waals surface area contributed by atoms with Crippen molar-refractivity contribution in [1.29, 1.82) is 0 Å². The zero-order valence-corrected chi connectivity index (χ0v) is 19.6. The zero-order chi connectivity index (χ0) is 22.7. The number of likely N-dealkylation sites (tertiary alicyclic amines) is 2. The predicted molar refractivity (Wildman–Crippen MR) is 118 cm³/mol. The predicted octanol–water partition coefficient (Wildman–Crippen LogP) is 2.67. The number of anilines is 1. The Kier molecular flexibility index (Phi) is 7.35. The number of hydrogen-bond acceptors (Lipinski definition) is 5. The van der Waals surface area contributed by atoms with Crippen molar-refractivity contribution in [1.82, 2.24) is 9.80 Å². The first-order valence-electron chi connectivity index (χ1n) is 10.5. The molecule has 3 atom stereocenters. The van der Waals surface area contributed by atoms with E-state index in [2.05, 4.69) is 39.8 Å². The molecule has 2 saturated heterocycles. The number of carbonyl (C=O) groups is 4. The summed E-state index contributed by atoms with van der Waals surface area (Å²) in [7, 11) is 1.13. The van der Waals surface area contributed by atoms with Crippen LogP contribution in [0.1, 0.15) is 43.5 Å². The van der Waals surface area contributed by atoms with Gasteiger partial charge in [0.15, 0.2) is 0 Å². The fraction of sp³-hybridized carbons (Fsp3) is 0.545. The summed E-state index contributed by atoms with van der Waals surface area (Å²) < 4.78 is 5.23. The van der Waals surface area contributed by atoms with Gasteiger partial charge in [-0.25, -0.2) is 4.79 Å². The van der Waals surface area contributed by atoms with Gasteiger partial charge >= 0.3 is 11.9 Å². The summed E-state index contributed by atoms with van der Waals surface area (Å²) in [6.45, 7) is 5.92. The summed E-state index contributed by atoms with van der Waals surface area (Å²) >= 11 is 3.41. The van der Waals surface area contributed by atoms with Gasteiger partial charge in [-0.3, -0.25) is 14.4 Å². The van der Waals surface area contributed by atoms with E-state index < -0.39 is 23.8 Å². The summed E-state index contributed by atoms with van der Waals surface area (Å²) in [6, 6.07) is 4.34. The van der Waals surface area contributed by atoms with Gasteiger partial charge in [0.25, 0.3) is 5.91 Å². The molecule has 9 heteroatoms. The molecule has 1 N–H and O–H groups in total. The minimum Gasteiger partial charge on any atom is -0.462 e. The van der Waals surface area contributed by atoms with Crippen LogP contribution in [0.2, 0.25) is 0 Å². The maximum Gasteiger partial charge on any atom is 0.396 e. The molecule has 168 valence electrons. The van der Waals surface area contributed by atoms with Gasteiger partial charge < -0.3 is 19.9 Å². The number of amides is 3. The van der Waals surface area contributed by atoms with Crippen molar-refractivity contribution in [3.05, 3.63) is 28.2 Å². The maximum atomic E-state index is 13.3. The molecule has 2 aliphatic heterocycles. The van der Waals surface area contributed by atoms with Crippen molar-refractivity contribution >= 4 is 45.3 Å².